The van der Waals surface area contributed by atoms with Crippen molar-refractivity contribution in [2.24, 2.45) is 10.9 Å². The predicted molar refractivity (Wildman–Crippen MR) is 102 cm³/mol. The largest absolute Gasteiger partial charge is 0.382 e. The van der Waals surface area contributed by atoms with Gasteiger partial charge >= 0.3 is 0 Å². The van der Waals surface area contributed by atoms with Gasteiger partial charge in [0.15, 0.2) is 11.8 Å². The molecule has 24 heavy (non-hydrogen) atoms. The van der Waals surface area contributed by atoms with Crippen molar-refractivity contribution < 1.29 is 14.0 Å². The van der Waals surface area contributed by atoms with Gasteiger partial charge < -0.3 is 24.2 Å². The quantitative estimate of drug-likeness (QED) is 0.276. The van der Waals surface area contributed by atoms with E-state index in [1.165, 1.54) is 0 Å². The van der Waals surface area contributed by atoms with Crippen LogP contribution in [0.5, 0.6) is 0 Å². The molecule has 1 aliphatic rings. The zero-order valence-electron chi connectivity index (χ0n) is 14.7. The van der Waals surface area contributed by atoms with Crippen LogP contribution in [0.3, 0.4) is 0 Å². The minimum Gasteiger partial charge on any atom is -0.382 e. The van der Waals surface area contributed by atoms with Crippen LogP contribution in [-0.4, -0.2) is 67.6 Å². The third-order valence-electron chi connectivity index (χ3n) is 3.65. The fourth-order valence-electron chi connectivity index (χ4n) is 2.53. The first-order chi connectivity index (χ1) is 11.2. The summed E-state index contributed by atoms with van der Waals surface area (Å²) >= 11 is 0. The topological polar surface area (TPSA) is 85.0 Å². The Kier molecular flexibility index (Phi) is 10.2. The molecule has 0 aromatic carbocycles. The Hall–Kier alpha value is -0.940. The maximum absolute atomic E-state index is 5.63. The van der Waals surface area contributed by atoms with Crippen LogP contribution >= 0.6 is 24.0 Å². The van der Waals surface area contributed by atoms with Crippen molar-refractivity contribution in [2.75, 3.05) is 46.6 Å². The molecule has 1 N–H and O–H groups in total. The van der Waals surface area contributed by atoms with Gasteiger partial charge in [-0.3, -0.25) is 0 Å². The van der Waals surface area contributed by atoms with E-state index < -0.39 is 0 Å². The van der Waals surface area contributed by atoms with E-state index in [0.29, 0.717) is 37.4 Å². The second-order valence-electron chi connectivity index (χ2n) is 5.57. The zero-order valence-corrected chi connectivity index (χ0v) is 17.0. The lowest BCUT2D eigenvalue weighted by Gasteiger charge is -2.21. The van der Waals surface area contributed by atoms with Crippen LogP contribution in [0.4, 0.5) is 0 Å². The summed E-state index contributed by atoms with van der Waals surface area (Å²) in [6, 6.07) is 0. The molecule has 138 valence electrons. The van der Waals surface area contributed by atoms with Gasteiger partial charge in [0.2, 0.25) is 5.89 Å². The van der Waals surface area contributed by atoms with Gasteiger partial charge in [0, 0.05) is 39.6 Å². The molecule has 8 nitrogen and oxygen atoms in total. The molecule has 2 heterocycles. The van der Waals surface area contributed by atoms with E-state index in [1.807, 2.05) is 0 Å². The Morgan fingerprint density at radius 2 is 2.29 bits per heavy atom. The lowest BCUT2D eigenvalue weighted by Crippen LogP contribution is -2.40. The van der Waals surface area contributed by atoms with E-state index in [0.717, 1.165) is 38.6 Å². The van der Waals surface area contributed by atoms with Crippen molar-refractivity contribution in [3.63, 3.8) is 0 Å². The Balaban J connectivity index is 0.00000288. The molecule has 0 radical (unpaired) electrons. The van der Waals surface area contributed by atoms with Crippen molar-refractivity contribution in [2.45, 2.75) is 26.8 Å². The number of hydrogen-bond donors (Lipinski definition) is 1. The summed E-state index contributed by atoms with van der Waals surface area (Å²) in [4.78, 5) is 11.1. The third-order valence-corrected chi connectivity index (χ3v) is 3.65. The normalized spacial score (nSPS) is 17.9. The maximum atomic E-state index is 5.63. The van der Waals surface area contributed by atoms with E-state index in [2.05, 4.69) is 32.3 Å². The second-order valence-corrected chi connectivity index (χ2v) is 5.57. The number of methoxy groups -OCH3 is 1. The molecular weight excluding hydrogens is 425 g/mol. The van der Waals surface area contributed by atoms with Crippen LogP contribution in [0.15, 0.2) is 9.52 Å². The number of nitrogens with one attached hydrogen (secondary N) is 1. The van der Waals surface area contributed by atoms with Crippen LogP contribution in [0.25, 0.3) is 0 Å². The van der Waals surface area contributed by atoms with Gasteiger partial charge in [-0.25, -0.2) is 4.99 Å². The van der Waals surface area contributed by atoms with Gasteiger partial charge in [0.25, 0.3) is 0 Å². The molecule has 9 heteroatoms. The zero-order chi connectivity index (χ0) is 16.5. The van der Waals surface area contributed by atoms with Crippen molar-refractivity contribution in [1.82, 2.24) is 20.4 Å². The molecule has 0 amide bonds. The SMILES string of the molecule is CCNC(=NCc1noc(C)n1)N1CCC(COCCOC)C1.I. The summed E-state index contributed by atoms with van der Waals surface area (Å²) in [6.07, 6.45) is 1.11. The van der Waals surface area contributed by atoms with E-state index >= 15 is 0 Å². The maximum Gasteiger partial charge on any atom is 0.223 e. The Morgan fingerprint density at radius 1 is 1.46 bits per heavy atom. The number of rotatable bonds is 8. The highest BCUT2D eigenvalue weighted by molar-refractivity contribution is 14.0. The molecule has 1 aliphatic heterocycles. The number of guanidine groups is 1. The Bertz CT molecular complexity index is 497. The highest BCUT2D eigenvalue weighted by atomic mass is 127. The van der Waals surface area contributed by atoms with Gasteiger partial charge in [0.05, 0.1) is 19.8 Å². The fraction of sp³-hybridized carbons (Fsp3) is 0.800. The summed E-state index contributed by atoms with van der Waals surface area (Å²) in [5, 5.41) is 7.20. The predicted octanol–water partition coefficient (Wildman–Crippen LogP) is 1.45. The smallest absolute Gasteiger partial charge is 0.223 e. The molecule has 2 rings (SSSR count). The van der Waals surface area contributed by atoms with Crippen molar-refractivity contribution >= 4 is 29.9 Å². The van der Waals surface area contributed by atoms with Gasteiger partial charge in [-0.2, -0.15) is 4.98 Å². The van der Waals surface area contributed by atoms with Gasteiger partial charge in [-0.15, -0.1) is 24.0 Å². The average molecular weight is 453 g/mol. The van der Waals surface area contributed by atoms with Gasteiger partial charge in [0.1, 0.15) is 6.54 Å². The highest BCUT2D eigenvalue weighted by Crippen LogP contribution is 2.16. The average Bonchev–Trinajstić information content (AvgIpc) is 3.17. The van der Waals surface area contributed by atoms with Crippen molar-refractivity contribution in [3.05, 3.63) is 11.7 Å². The molecular formula is C15H28IN5O3. The Labute approximate surface area is 160 Å². The van der Waals surface area contributed by atoms with E-state index in [9.17, 15) is 0 Å². The number of ether oxygens (including phenoxy) is 2. The first-order valence-corrected chi connectivity index (χ1v) is 8.12. The summed E-state index contributed by atoms with van der Waals surface area (Å²) in [5.74, 6) is 2.60. The van der Waals surface area contributed by atoms with Crippen molar-refractivity contribution in [1.29, 1.82) is 0 Å². The molecule has 0 aliphatic carbocycles. The molecule has 1 fully saturated rings. The monoisotopic (exact) mass is 453 g/mol. The molecule has 1 aromatic rings. The highest BCUT2D eigenvalue weighted by Gasteiger charge is 2.25. The fourth-order valence-corrected chi connectivity index (χ4v) is 2.53. The number of aromatic nitrogens is 2. The number of aliphatic imine (C=N–C) groups is 1. The lowest BCUT2D eigenvalue weighted by atomic mass is 10.1. The lowest BCUT2D eigenvalue weighted by molar-refractivity contribution is 0.0536. The van der Waals surface area contributed by atoms with Gasteiger partial charge in [-0.1, -0.05) is 5.16 Å². The number of hydrogen-bond acceptors (Lipinski definition) is 6. The standard InChI is InChI=1S/C15H27N5O3.HI/c1-4-16-15(17-9-14-18-12(2)23-19-14)20-6-5-13(10-20)11-22-8-7-21-3;/h13H,4-11H2,1-3H3,(H,16,17);1H. The number of aryl methyl sites for hydroxylation is 1. The van der Waals surface area contributed by atoms with E-state index in [-0.39, 0.29) is 24.0 Å². The van der Waals surface area contributed by atoms with Gasteiger partial charge in [-0.05, 0) is 13.3 Å². The first-order valence-electron chi connectivity index (χ1n) is 8.12. The molecule has 0 bridgehead atoms. The molecule has 1 unspecified atom stereocenters. The summed E-state index contributed by atoms with van der Waals surface area (Å²) in [5.41, 5.74) is 0. The molecule has 1 atom stereocenters. The number of nitrogens with zero attached hydrogens (tertiary/aromatic N) is 4. The van der Waals surface area contributed by atoms with E-state index in [4.69, 9.17) is 14.0 Å². The number of likely N-dealkylation sites (tertiary alicyclic amines) is 1. The van der Waals surface area contributed by atoms with Crippen LogP contribution in [-0.2, 0) is 16.0 Å². The van der Waals surface area contributed by atoms with Crippen LogP contribution < -0.4 is 5.32 Å². The molecule has 1 saturated heterocycles. The van der Waals surface area contributed by atoms with Crippen LogP contribution in [0.1, 0.15) is 25.1 Å². The first kappa shape index (κ1) is 21.1. The van der Waals surface area contributed by atoms with Crippen molar-refractivity contribution in [3.8, 4) is 0 Å². The summed E-state index contributed by atoms with van der Waals surface area (Å²) in [6.45, 7) is 9.09. The molecule has 1 aromatic heterocycles. The minimum absolute atomic E-state index is 0. The van der Waals surface area contributed by atoms with Crippen LogP contribution in [0.2, 0.25) is 0 Å². The Morgan fingerprint density at radius 3 is 2.96 bits per heavy atom. The van der Waals surface area contributed by atoms with Crippen LogP contribution in [0, 0.1) is 12.8 Å². The summed E-state index contributed by atoms with van der Waals surface area (Å²) in [7, 11) is 1.69. The molecule has 0 spiro atoms. The van der Waals surface area contributed by atoms with E-state index in [1.54, 1.807) is 14.0 Å². The number of halogens is 1. The summed E-state index contributed by atoms with van der Waals surface area (Å²) < 4.78 is 15.6. The third kappa shape index (κ3) is 6.89. The second kappa shape index (κ2) is 11.6. The minimum atomic E-state index is 0. The molecule has 0 saturated carbocycles.